The summed E-state index contributed by atoms with van der Waals surface area (Å²) in [6.45, 7) is 5.29. The lowest BCUT2D eigenvalue weighted by molar-refractivity contribution is -0.126. The summed E-state index contributed by atoms with van der Waals surface area (Å²) in [4.78, 5) is 26.2. The Morgan fingerprint density at radius 3 is 3.00 bits per heavy atom. The van der Waals surface area contributed by atoms with Crippen molar-refractivity contribution in [3.05, 3.63) is 24.3 Å². The van der Waals surface area contributed by atoms with Crippen molar-refractivity contribution in [1.29, 1.82) is 0 Å². The fourth-order valence-corrected chi connectivity index (χ4v) is 2.87. The third-order valence-corrected chi connectivity index (χ3v) is 4.22. The van der Waals surface area contributed by atoms with Crippen LogP contribution >= 0.6 is 0 Å². The number of benzene rings is 1. The van der Waals surface area contributed by atoms with Crippen LogP contribution in [-0.4, -0.2) is 35.1 Å². The Bertz CT molecular complexity index is 722. The van der Waals surface area contributed by atoms with E-state index in [1.54, 1.807) is 4.90 Å². The van der Waals surface area contributed by atoms with E-state index in [0.717, 1.165) is 17.3 Å². The zero-order chi connectivity index (χ0) is 16.4. The summed E-state index contributed by atoms with van der Waals surface area (Å²) in [5, 5.41) is 11.0. The van der Waals surface area contributed by atoms with Crippen molar-refractivity contribution in [2.75, 3.05) is 18.0 Å². The van der Waals surface area contributed by atoms with Crippen molar-refractivity contribution < 1.29 is 9.59 Å². The zero-order valence-electron chi connectivity index (χ0n) is 13.5. The maximum atomic E-state index is 12.3. The van der Waals surface area contributed by atoms with E-state index in [4.69, 9.17) is 0 Å². The van der Waals surface area contributed by atoms with E-state index in [1.807, 2.05) is 24.3 Å². The number of nitrogens with one attached hydrogen (secondary N) is 2. The van der Waals surface area contributed by atoms with Gasteiger partial charge in [0.05, 0.1) is 11.4 Å². The molecule has 1 atom stereocenters. The number of aromatic nitrogens is 2. The second kappa shape index (κ2) is 6.40. The van der Waals surface area contributed by atoms with Crippen molar-refractivity contribution in [1.82, 2.24) is 15.5 Å². The van der Waals surface area contributed by atoms with Crippen LogP contribution in [0.2, 0.25) is 0 Å². The van der Waals surface area contributed by atoms with Gasteiger partial charge in [0, 0.05) is 24.9 Å². The highest BCUT2D eigenvalue weighted by atomic mass is 16.2. The predicted octanol–water partition coefficient (Wildman–Crippen LogP) is 2.08. The first kappa shape index (κ1) is 15.5. The molecule has 1 aromatic carbocycles. The highest BCUT2D eigenvalue weighted by Gasteiger charge is 2.36. The van der Waals surface area contributed by atoms with Gasteiger partial charge in [-0.1, -0.05) is 26.0 Å². The van der Waals surface area contributed by atoms with E-state index >= 15 is 0 Å². The molecule has 2 N–H and O–H groups in total. The quantitative estimate of drug-likeness (QED) is 0.887. The third kappa shape index (κ3) is 3.21. The number of nitrogens with zero attached hydrogens (tertiary/aromatic N) is 2. The van der Waals surface area contributed by atoms with Gasteiger partial charge in [-0.2, -0.15) is 5.10 Å². The molecule has 1 saturated heterocycles. The molecule has 3 rings (SSSR count). The van der Waals surface area contributed by atoms with Gasteiger partial charge in [0.2, 0.25) is 11.8 Å². The second-order valence-corrected chi connectivity index (χ2v) is 6.47. The molecule has 6 heteroatoms. The number of H-pyrrole nitrogens is 1. The van der Waals surface area contributed by atoms with Crippen LogP contribution in [-0.2, 0) is 9.59 Å². The second-order valence-electron chi connectivity index (χ2n) is 6.47. The molecule has 1 unspecified atom stereocenters. The van der Waals surface area contributed by atoms with Gasteiger partial charge in [0.1, 0.15) is 0 Å². The Labute approximate surface area is 135 Å². The van der Waals surface area contributed by atoms with E-state index in [9.17, 15) is 9.59 Å². The van der Waals surface area contributed by atoms with Gasteiger partial charge in [-0.15, -0.1) is 0 Å². The molecule has 2 heterocycles. The summed E-state index contributed by atoms with van der Waals surface area (Å²) in [5.41, 5.74) is 0.889. The fraction of sp³-hybridized carbons (Fsp3) is 0.471. The van der Waals surface area contributed by atoms with Crippen LogP contribution in [0.1, 0.15) is 26.7 Å². The summed E-state index contributed by atoms with van der Waals surface area (Å²) in [5.74, 6) is 0.772. The maximum absolute atomic E-state index is 12.3. The van der Waals surface area contributed by atoms with Crippen LogP contribution < -0.4 is 10.2 Å². The first-order valence-electron chi connectivity index (χ1n) is 8.07. The minimum atomic E-state index is -0.301. The lowest BCUT2D eigenvalue weighted by Gasteiger charge is -2.14. The lowest BCUT2D eigenvalue weighted by atomic mass is 10.1. The predicted molar refractivity (Wildman–Crippen MR) is 89.0 cm³/mol. The Hall–Kier alpha value is -2.37. The molecule has 0 spiro atoms. The van der Waals surface area contributed by atoms with Crippen LogP contribution in [0, 0.1) is 11.8 Å². The number of fused-ring (bicyclic) bond motifs is 1. The molecule has 122 valence electrons. The molecule has 1 fully saturated rings. The molecule has 1 aliphatic heterocycles. The first-order chi connectivity index (χ1) is 11.1. The number of carbonyl (C=O) groups excluding carboxylic acids is 2. The van der Waals surface area contributed by atoms with E-state index in [1.165, 1.54) is 0 Å². The van der Waals surface area contributed by atoms with Gasteiger partial charge in [0.15, 0.2) is 5.82 Å². The van der Waals surface area contributed by atoms with Gasteiger partial charge >= 0.3 is 0 Å². The standard InChI is InChI=1S/C17H22N4O2/c1-11(2)7-8-18-17(23)12-9-15(22)21(10-12)16-13-5-3-4-6-14(13)19-20-16/h3-6,11-12H,7-10H2,1-2H3,(H,18,23)(H,19,20). The summed E-state index contributed by atoms with van der Waals surface area (Å²) < 4.78 is 0. The Balaban J connectivity index is 1.69. The Morgan fingerprint density at radius 1 is 1.43 bits per heavy atom. The number of rotatable bonds is 5. The molecule has 6 nitrogen and oxygen atoms in total. The normalized spacial score (nSPS) is 18.1. The summed E-state index contributed by atoms with van der Waals surface area (Å²) in [6.07, 6.45) is 1.19. The number of anilines is 1. The van der Waals surface area contributed by atoms with Crippen LogP contribution in [0.3, 0.4) is 0 Å². The summed E-state index contributed by atoms with van der Waals surface area (Å²) >= 11 is 0. The van der Waals surface area contributed by atoms with Crippen LogP contribution in [0.15, 0.2) is 24.3 Å². The SMILES string of the molecule is CC(C)CCNC(=O)C1CC(=O)N(c2n[nH]c3ccccc23)C1. The fourth-order valence-electron chi connectivity index (χ4n) is 2.87. The average molecular weight is 314 g/mol. The van der Waals surface area contributed by atoms with Crippen molar-refractivity contribution in [2.24, 2.45) is 11.8 Å². The summed E-state index contributed by atoms with van der Waals surface area (Å²) in [6, 6.07) is 7.68. The summed E-state index contributed by atoms with van der Waals surface area (Å²) in [7, 11) is 0. The number of amides is 2. The average Bonchev–Trinajstić information content (AvgIpc) is 3.10. The highest BCUT2D eigenvalue weighted by Crippen LogP contribution is 2.29. The minimum absolute atomic E-state index is 0.0404. The molecule has 2 aromatic rings. The first-order valence-corrected chi connectivity index (χ1v) is 8.07. The van der Waals surface area contributed by atoms with E-state index in [0.29, 0.717) is 24.8 Å². The number of carbonyl (C=O) groups is 2. The third-order valence-electron chi connectivity index (χ3n) is 4.22. The molecule has 23 heavy (non-hydrogen) atoms. The highest BCUT2D eigenvalue weighted by molar-refractivity contribution is 6.05. The monoisotopic (exact) mass is 314 g/mol. The number of hydrogen-bond acceptors (Lipinski definition) is 3. The van der Waals surface area contributed by atoms with Crippen molar-refractivity contribution >= 4 is 28.5 Å². The maximum Gasteiger partial charge on any atom is 0.229 e. The Kier molecular flexibility index (Phi) is 4.32. The Morgan fingerprint density at radius 2 is 2.22 bits per heavy atom. The number of para-hydroxylation sites is 1. The number of aromatic amines is 1. The van der Waals surface area contributed by atoms with E-state index in [-0.39, 0.29) is 24.2 Å². The zero-order valence-corrected chi connectivity index (χ0v) is 13.5. The molecule has 1 aromatic heterocycles. The topological polar surface area (TPSA) is 78.1 Å². The van der Waals surface area contributed by atoms with E-state index in [2.05, 4.69) is 29.4 Å². The molecule has 0 bridgehead atoms. The van der Waals surface area contributed by atoms with Gasteiger partial charge in [0.25, 0.3) is 0 Å². The number of hydrogen-bond donors (Lipinski definition) is 2. The van der Waals surface area contributed by atoms with Gasteiger partial charge in [-0.05, 0) is 24.5 Å². The van der Waals surface area contributed by atoms with Gasteiger partial charge < -0.3 is 5.32 Å². The minimum Gasteiger partial charge on any atom is -0.356 e. The molecule has 1 aliphatic rings. The van der Waals surface area contributed by atoms with Crippen molar-refractivity contribution in [3.63, 3.8) is 0 Å². The smallest absolute Gasteiger partial charge is 0.229 e. The van der Waals surface area contributed by atoms with Crippen LogP contribution in [0.25, 0.3) is 10.9 Å². The van der Waals surface area contributed by atoms with Gasteiger partial charge in [-0.3, -0.25) is 19.6 Å². The van der Waals surface area contributed by atoms with Crippen molar-refractivity contribution in [2.45, 2.75) is 26.7 Å². The van der Waals surface area contributed by atoms with E-state index < -0.39 is 0 Å². The van der Waals surface area contributed by atoms with Crippen LogP contribution in [0.5, 0.6) is 0 Å². The molecule has 0 saturated carbocycles. The molecule has 0 aliphatic carbocycles. The molecule has 2 amide bonds. The molecular formula is C17H22N4O2. The lowest BCUT2D eigenvalue weighted by Crippen LogP contribution is -2.34. The molecule has 0 radical (unpaired) electrons. The largest absolute Gasteiger partial charge is 0.356 e. The van der Waals surface area contributed by atoms with Gasteiger partial charge in [-0.25, -0.2) is 0 Å². The van der Waals surface area contributed by atoms with Crippen molar-refractivity contribution in [3.8, 4) is 0 Å². The van der Waals surface area contributed by atoms with Crippen LogP contribution in [0.4, 0.5) is 5.82 Å². The molecular weight excluding hydrogens is 292 g/mol.